The van der Waals surface area contributed by atoms with Gasteiger partial charge in [0.15, 0.2) is 0 Å². The Morgan fingerprint density at radius 1 is 1.06 bits per heavy atom. The van der Waals surface area contributed by atoms with Crippen LogP contribution >= 0.6 is 0 Å². The van der Waals surface area contributed by atoms with Gasteiger partial charge in [0.1, 0.15) is 10.6 Å². The molecule has 9 heteroatoms. The second-order valence-electron chi connectivity index (χ2n) is 8.66. The number of H-pyrrole nitrogens is 1. The molecule has 2 aliphatic heterocycles. The summed E-state index contributed by atoms with van der Waals surface area (Å²) in [7, 11) is -3.80. The van der Waals surface area contributed by atoms with Gasteiger partial charge in [0.25, 0.3) is 5.91 Å². The Labute approximate surface area is 189 Å². The van der Waals surface area contributed by atoms with Crippen molar-refractivity contribution >= 4 is 27.5 Å². The van der Waals surface area contributed by atoms with Crippen LogP contribution in [0.3, 0.4) is 0 Å². The first kappa shape index (κ1) is 22.5. The van der Waals surface area contributed by atoms with E-state index in [0.29, 0.717) is 38.2 Å². The number of aromatic amines is 1. The molecule has 1 aromatic carbocycles. The van der Waals surface area contributed by atoms with Crippen molar-refractivity contribution in [3.8, 4) is 0 Å². The molecule has 1 aromatic heterocycles. The number of nitrogens with zero attached hydrogens (tertiary/aromatic N) is 2. The Morgan fingerprint density at radius 2 is 1.84 bits per heavy atom. The van der Waals surface area contributed by atoms with Crippen molar-refractivity contribution in [3.63, 3.8) is 0 Å². The van der Waals surface area contributed by atoms with Crippen LogP contribution in [0.15, 0.2) is 41.4 Å². The number of sulfonamides is 1. The van der Waals surface area contributed by atoms with Gasteiger partial charge >= 0.3 is 0 Å². The summed E-state index contributed by atoms with van der Waals surface area (Å²) in [6.45, 7) is 3.83. The van der Waals surface area contributed by atoms with Gasteiger partial charge in [-0.15, -0.1) is 0 Å². The van der Waals surface area contributed by atoms with E-state index < -0.39 is 15.9 Å². The zero-order valence-corrected chi connectivity index (χ0v) is 19.2. The molecule has 2 amide bonds. The lowest BCUT2D eigenvalue weighted by Gasteiger charge is -2.31. The number of piperidine rings is 2. The van der Waals surface area contributed by atoms with Gasteiger partial charge in [0, 0.05) is 38.1 Å². The van der Waals surface area contributed by atoms with E-state index in [0.717, 1.165) is 24.8 Å². The third kappa shape index (κ3) is 4.88. The summed E-state index contributed by atoms with van der Waals surface area (Å²) in [5.41, 5.74) is 2.04. The number of aryl methyl sites for hydroxylation is 1. The van der Waals surface area contributed by atoms with E-state index >= 15 is 0 Å². The molecule has 0 saturated carbocycles. The zero-order valence-electron chi connectivity index (χ0n) is 18.3. The van der Waals surface area contributed by atoms with Crippen molar-refractivity contribution in [2.45, 2.75) is 43.9 Å². The maximum absolute atomic E-state index is 13.2. The average molecular weight is 459 g/mol. The zero-order chi connectivity index (χ0) is 22.7. The number of benzene rings is 1. The van der Waals surface area contributed by atoms with Crippen LogP contribution in [0, 0.1) is 12.8 Å². The van der Waals surface area contributed by atoms with Gasteiger partial charge < -0.3 is 15.2 Å². The molecule has 172 valence electrons. The normalized spacial score (nSPS) is 20.2. The second-order valence-corrected chi connectivity index (χ2v) is 10.6. The minimum atomic E-state index is -3.80. The van der Waals surface area contributed by atoms with Gasteiger partial charge in [-0.2, -0.15) is 4.31 Å². The van der Waals surface area contributed by atoms with Crippen LogP contribution in [0.5, 0.6) is 0 Å². The van der Waals surface area contributed by atoms with Gasteiger partial charge in [0.2, 0.25) is 15.9 Å². The molecule has 2 N–H and O–H groups in total. The Kier molecular flexibility index (Phi) is 6.66. The highest BCUT2D eigenvalue weighted by molar-refractivity contribution is 7.89. The van der Waals surface area contributed by atoms with Gasteiger partial charge in [-0.1, -0.05) is 12.1 Å². The van der Waals surface area contributed by atoms with Crippen molar-refractivity contribution in [3.05, 3.63) is 47.8 Å². The Balaban J connectivity index is 1.44. The molecule has 0 aliphatic carbocycles. The lowest BCUT2D eigenvalue weighted by Crippen LogP contribution is -2.43. The van der Waals surface area contributed by atoms with Crippen molar-refractivity contribution < 1.29 is 18.0 Å². The molecule has 4 rings (SSSR count). The molecule has 0 unspecified atom stereocenters. The smallest absolute Gasteiger partial charge is 0.270 e. The van der Waals surface area contributed by atoms with Crippen LogP contribution in [0.25, 0.3) is 0 Å². The Bertz CT molecular complexity index is 1090. The number of hydrogen-bond acceptors (Lipinski definition) is 4. The van der Waals surface area contributed by atoms with Crippen molar-refractivity contribution in [2.24, 2.45) is 5.92 Å². The molecule has 1 atom stereocenters. The van der Waals surface area contributed by atoms with E-state index in [1.165, 1.54) is 16.6 Å². The third-order valence-corrected chi connectivity index (χ3v) is 8.05. The lowest BCUT2D eigenvalue weighted by atomic mass is 9.98. The number of anilines is 1. The molecule has 3 heterocycles. The van der Waals surface area contributed by atoms with Crippen LogP contribution in [-0.2, 0) is 14.8 Å². The van der Waals surface area contributed by atoms with Crippen LogP contribution in [0.4, 0.5) is 5.69 Å². The molecular weight excluding hydrogens is 428 g/mol. The lowest BCUT2D eigenvalue weighted by molar-refractivity contribution is -0.120. The van der Waals surface area contributed by atoms with Crippen molar-refractivity contribution in [1.29, 1.82) is 0 Å². The molecule has 8 nitrogen and oxygen atoms in total. The van der Waals surface area contributed by atoms with Crippen LogP contribution in [0.2, 0.25) is 0 Å². The van der Waals surface area contributed by atoms with Crippen LogP contribution in [0.1, 0.15) is 48.2 Å². The molecule has 2 saturated heterocycles. The number of carbonyl (C=O) groups is 2. The highest BCUT2D eigenvalue weighted by Crippen LogP contribution is 2.26. The van der Waals surface area contributed by atoms with E-state index in [1.54, 1.807) is 4.90 Å². The number of nitrogens with one attached hydrogen (secondary N) is 2. The van der Waals surface area contributed by atoms with Crippen molar-refractivity contribution in [2.75, 3.05) is 31.5 Å². The molecule has 2 fully saturated rings. The van der Waals surface area contributed by atoms with Crippen LogP contribution in [-0.4, -0.2) is 60.6 Å². The molecule has 0 bridgehead atoms. The third-order valence-electron chi connectivity index (χ3n) is 6.21. The fourth-order valence-corrected chi connectivity index (χ4v) is 5.92. The summed E-state index contributed by atoms with van der Waals surface area (Å²) in [5, 5.41) is 2.90. The fraction of sp³-hybridized carbons (Fsp3) is 0.478. The molecular formula is C23H30N4O4S. The predicted molar refractivity (Wildman–Crippen MR) is 122 cm³/mol. The SMILES string of the molecule is Cc1cccc(NC(=O)[C@@H]2CCCN(S(=O)(=O)c3c[nH]c(C(=O)N4CCCCC4)c3)C2)c1. The first-order valence-corrected chi connectivity index (χ1v) is 12.6. The van der Waals surface area contributed by atoms with Crippen LogP contribution < -0.4 is 5.32 Å². The minimum absolute atomic E-state index is 0.0672. The van der Waals surface area contributed by atoms with Gasteiger partial charge in [-0.3, -0.25) is 9.59 Å². The number of carbonyl (C=O) groups excluding carboxylic acids is 2. The van der Waals surface area contributed by atoms with E-state index in [-0.39, 0.29) is 28.9 Å². The molecule has 32 heavy (non-hydrogen) atoms. The maximum atomic E-state index is 13.2. The fourth-order valence-electron chi connectivity index (χ4n) is 4.41. The van der Waals surface area contributed by atoms with Gasteiger partial charge in [-0.05, 0) is 62.8 Å². The maximum Gasteiger partial charge on any atom is 0.270 e. The minimum Gasteiger partial charge on any atom is -0.356 e. The summed E-state index contributed by atoms with van der Waals surface area (Å²) in [5.74, 6) is -0.766. The summed E-state index contributed by atoms with van der Waals surface area (Å²) >= 11 is 0. The predicted octanol–water partition coefficient (Wildman–Crippen LogP) is 2.99. The van der Waals surface area contributed by atoms with E-state index in [2.05, 4.69) is 10.3 Å². The molecule has 0 radical (unpaired) electrons. The Hall–Kier alpha value is -2.65. The number of rotatable bonds is 5. The van der Waals surface area contributed by atoms with Crippen molar-refractivity contribution in [1.82, 2.24) is 14.2 Å². The van der Waals surface area contributed by atoms with E-state index in [1.807, 2.05) is 31.2 Å². The quantitative estimate of drug-likeness (QED) is 0.719. The number of likely N-dealkylation sites (tertiary alicyclic amines) is 1. The molecule has 0 spiro atoms. The van der Waals surface area contributed by atoms with E-state index in [9.17, 15) is 18.0 Å². The topological polar surface area (TPSA) is 103 Å². The van der Waals surface area contributed by atoms with Gasteiger partial charge in [-0.25, -0.2) is 8.42 Å². The monoisotopic (exact) mass is 458 g/mol. The Morgan fingerprint density at radius 3 is 2.59 bits per heavy atom. The summed E-state index contributed by atoms with van der Waals surface area (Å²) in [6, 6.07) is 8.95. The summed E-state index contributed by atoms with van der Waals surface area (Å²) in [4.78, 5) is 30.1. The highest BCUT2D eigenvalue weighted by Gasteiger charge is 2.34. The first-order chi connectivity index (χ1) is 15.3. The van der Waals surface area contributed by atoms with E-state index in [4.69, 9.17) is 0 Å². The molecule has 2 aliphatic rings. The number of amides is 2. The first-order valence-electron chi connectivity index (χ1n) is 11.2. The van der Waals surface area contributed by atoms with Gasteiger partial charge in [0.05, 0.1) is 5.92 Å². The molecule has 2 aromatic rings. The average Bonchev–Trinajstić information content (AvgIpc) is 3.30. The standard InChI is InChI=1S/C23H30N4O4S/c1-17-7-5-9-19(13-17)25-22(28)18-8-6-12-27(16-18)32(30,31)20-14-21(24-15-20)23(29)26-10-3-2-4-11-26/h5,7,9,13-15,18,24H,2-4,6,8,10-12,16H2,1H3,(H,25,28)/t18-/m1/s1. The number of aromatic nitrogens is 1. The second kappa shape index (κ2) is 9.46. The summed E-state index contributed by atoms with van der Waals surface area (Å²) < 4.78 is 27.8. The summed E-state index contributed by atoms with van der Waals surface area (Å²) in [6.07, 6.45) is 5.67. The largest absolute Gasteiger partial charge is 0.356 e. The highest BCUT2D eigenvalue weighted by atomic mass is 32.2. The number of hydrogen-bond donors (Lipinski definition) is 2.